The summed E-state index contributed by atoms with van der Waals surface area (Å²) in [5.74, 6) is -0.248. The third kappa shape index (κ3) is 4.28. The first-order valence-corrected chi connectivity index (χ1v) is 7.19. The molecule has 1 aliphatic heterocycles. The smallest absolute Gasteiger partial charge is 0.417 e. The van der Waals surface area contributed by atoms with E-state index in [1.807, 2.05) is 27.7 Å². The monoisotopic (exact) mass is 299 g/mol. The number of hydrogen-bond acceptors (Lipinski definition) is 5. The van der Waals surface area contributed by atoms with Gasteiger partial charge in [-0.25, -0.2) is 9.69 Å². The highest BCUT2D eigenvalue weighted by Crippen LogP contribution is 2.30. The number of methoxy groups -OCH3 is 1. The predicted molar refractivity (Wildman–Crippen MR) is 77.8 cm³/mol. The summed E-state index contributed by atoms with van der Waals surface area (Å²) >= 11 is 0. The molecule has 3 unspecified atom stereocenters. The third-order valence-corrected chi connectivity index (χ3v) is 3.42. The Hall–Kier alpha value is -1.40. The second-order valence-corrected chi connectivity index (χ2v) is 5.39. The van der Waals surface area contributed by atoms with Gasteiger partial charge in [0.2, 0.25) is 0 Å². The Labute approximate surface area is 126 Å². The Morgan fingerprint density at radius 2 is 2.05 bits per heavy atom. The van der Waals surface area contributed by atoms with Gasteiger partial charge in [-0.1, -0.05) is 26.0 Å². The Morgan fingerprint density at radius 1 is 1.38 bits per heavy atom. The SMILES string of the molecule is CC=CCOC(=O)N1C(=O)C(OCC(C)OC)C1C(C)C. The molecule has 0 aliphatic carbocycles. The summed E-state index contributed by atoms with van der Waals surface area (Å²) in [6.45, 7) is 8.06. The van der Waals surface area contributed by atoms with Gasteiger partial charge in [0, 0.05) is 7.11 Å². The Bertz CT molecular complexity index is 394. The normalized spacial score (nSPS) is 23.5. The number of imide groups is 1. The van der Waals surface area contributed by atoms with Crippen molar-refractivity contribution in [1.82, 2.24) is 4.90 Å². The molecule has 1 aliphatic rings. The average molecular weight is 299 g/mol. The zero-order valence-electron chi connectivity index (χ0n) is 13.4. The highest BCUT2D eigenvalue weighted by Gasteiger charge is 2.53. The predicted octanol–water partition coefficient (Wildman–Crippen LogP) is 1.99. The van der Waals surface area contributed by atoms with Crippen LogP contribution in [-0.2, 0) is 19.0 Å². The molecule has 0 aromatic carbocycles. The molecule has 21 heavy (non-hydrogen) atoms. The first kappa shape index (κ1) is 17.7. The van der Waals surface area contributed by atoms with E-state index in [2.05, 4.69) is 0 Å². The summed E-state index contributed by atoms with van der Waals surface area (Å²) in [6.07, 6.45) is 2.18. The van der Waals surface area contributed by atoms with Gasteiger partial charge in [0.15, 0.2) is 6.10 Å². The third-order valence-electron chi connectivity index (χ3n) is 3.42. The van der Waals surface area contributed by atoms with Crippen molar-refractivity contribution in [1.29, 1.82) is 0 Å². The number of rotatable bonds is 7. The molecule has 0 saturated carbocycles. The van der Waals surface area contributed by atoms with E-state index < -0.39 is 12.2 Å². The van der Waals surface area contributed by atoms with Gasteiger partial charge in [-0.05, 0) is 19.8 Å². The molecule has 0 aromatic rings. The van der Waals surface area contributed by atoms with Crippen molar-refractivity contribution < 1.29 is 23.8 Å². The van der Waals surface area contributed by atoms with E-state index in [9.17, 15) is 9.59 Å². The molecule has 2 amide bonds. The van der Waals surface area contributed by atoms with Crippen molar-refractivity contribution in [2.45, 2.75) is 45.9 Å². The number of carbonyl (C=O) groups is 2. The second kappa shape index (κ2) is 8.14. The topological polar surface area (TPSA) is 65.1 Å². The van der Waals surface area contributed by atoms with Crippen LogP contribution in [0.3, 0.4) is 0 Å². The minimum absolute atomic E-state index is 0.0960. The first-order valence-electron chi connectivity index (χ1n) is 7.19. The van der Waals surface area contributed by atoms with Crippen LogP contribution in [0.15, 0.2) is 12.2 Å². The van der Waals surface area contributed by atoms with Crippen LogP contribution in [0.2, 0.25) is 0 Å². The van der Waals surface area contributed by atoms with Crippen molar-refractivity contribution in [2.24, 2.45) is 5.92 Å². The average Bonchev–Trinajstić information content (AvgIpc) is 2.44. The highest BCUT2D eigenvalue weighted by atomic mass is 16.6. The van der Waals surface area contributed by atoms with E-state index in [4.69, 9.17) is 14.2 Å². The van der Waals surface area contributed by atoms with Crippen molar-refractivity contribution in [2.75, 3.05) is 20.3 Å². The summed E-state index contributed by atoms with van der Waals surface area (Å²) in [5, 5.41) is 0. The van der Waals surface area contributed by atoms with E-state index in [0.717, 1.165) is 4.90 Å². The number of nitrogens with zero attached hydrogens (tertiary/aromatic N) is 1. The lowest BCUT2D eigenvalue weighted by molar-refractivity contribution is -0.176. The maximum absolute atomic E-state index is 12.1. The fraction of sp³-hybridized carbons (Fsp3) is 0.733. The van der Waals surface area contributed by atoms with Crippen molar-refractivity contribution in [3.8, 4) is 0 Å². The van der Waals surface area contributed by atoms with Crippen molar-refractivity contribution >= 4 is 12.0 Å². The van der Waals surface area contributed by atoms with Crippen LogP contribution in [0.1, 0.15) is 27.7 Å². The summed E-state index contributed by atoms with van der Waals surface area (Å²) in [7, 11) is 1.58. The minimum Gasteiger partial charge on any atom is -0.445 e. The van der Waals surface area contributed by atoms with Gasteiger partial charge >= 0.3 is 6.09 Å². The summed E-state index contributed by atoms with van der Waals surface area (Å²) < 4.78 is 15.7. The molecular formula is C15H25NO5. The number of allylic oxidation sites excluding steroid dienone is 1. The fourth-order valence-corrected chi connectivity index (χ4v) is 2.11. The van der Waals surface area contributed by atoms with Gasteiger partial charge in [0.1, 0.15) is 6.61 Å². The van der Waals surface area contributed by atoms with E-state index in [1.165, 1.54) is 0 Å². The molecular weight excluding hydrogens is 274 g/mol. The van der Waals surface area contributed by atoms with Crippen LogP contribution >= 0.6 is 0 Å². The van der Waals surface area contributed by atoms with E-state index in [0.29, 0.717) is 6.61 Å². The molecule has 1 saturated heterocycles. The van der Waals surface area contributed by atoms with Crippen LogP contribution in [0, 0.1) is 5.92 Å². The van der Waals surface area contributed by atoms with Gasteiger partial charge in [0.05, 0.1) is 18.8 Å². The summed E-state index contributed by atoms with van der Waals surface area (Å²) in [4.78, 5) is 25.2. The molecule has 0 bridgehead atoms. The number of carbonyl (C=O) groups excluding carboxylic acids is 2. The zero-order chi connectivity index (χ0) is 16.0. The van der Waals surface area contributed by atoms with Crippen LogP contribution < -0.4 is 0 Å². The van der Waals surface area contributed by atoms with Crippen molar-refractivity contribution in [3.63, 3.8) is 0 Å². The number of β-lactam (4-membered cyclic amide) rings is 1. The molecule has 6 nitrogen and oxygen atoms in total. The molecule has 1 rings (SSSR count). The van der Waals surface area contributed by atoms with Crippen LogP contribution in [-0.4, -0.2) is 55.5 Å². The van der Waals surface area contributed by atoms with E-state index in [1.54, 1.807) is 19.3 Å². The van der Waals surface area contributed by atoms with Gasteiger partial charge in [0.25, 0.3) is 5.91 Å². The number of likely N-dealkylation sites (tertiary alicyclic amines) is 1. The number of amides is 2. The second-order valence-electron chi connectivity index (χ2n) is 5.39. The lowest BCUT2D eigenvalue weighted by Gasteiger charge is -2.46. The van der Waals surface area contributed by atoms with Gasteiger partial charge in [-0.15, -0.1) is 0 Å². The Balaban J connectivity index is 2.62. The van der Waals surface area contributed by atoms with Gasteiger partial charge < -0.3 is 14.2 Å². The standard InChI is InChI=1S/C15H25NO5/c1-6-7-8-20-15(18)16-12(10(2)3)13(14(16)17)21-9-11(4)19-5/h6-7,10-13H,8-9H2,1-5H3. The highest BCUT2D eigenvalue weighted by molar-refractivity contribution is 6.01. The molecule has 0 radical (unpaired) electrons. The lowest BCUT2D eigenvalue weighted by atomic mass is 9.88. The van der Waals surface area contributed by atoms with Gasteiger partial charge in [-0.3, -0.25) is 4.79 Å². The maximum Gasteiger partial charge on any atom is 0.417 e. The fourth-order valence-electron chi connectivity index (χ4n) is 2.11. The van der Waals surface area contributed by atoms with Gasteiger partial charge in [-0.2, -0.15) is 0 Å². The molecule has 0 aromatic heterocycles. The molecule has 3 atom stereocenters. The number of hydrogen-bond donors (Lipinski definition) is 0. The summed E-state index contributed by atoms with van der Waals surface area (Å²) in [6, 6.07) is -0.292. The zero-order valence-corrected chi connectivity index (χ0v) is 13.4. The quantitative estimate of drug-likeness (QED) is 0.531. The molecule has 6 heteroatoms. The summed E-state index contributed by atoms with van der Waals surface area (Å²) in [5.41, 5.74) is 0. The molecule has 0 spiro atoms. The van der Waals surface area contributed by atoms with E-state index in [-0.39, 0.29) is 30.6 Å². The molecule has 1 heterocycles. The van der Waals surface area contributed by atoms with Crippen LogP contribution in [0.25, 0.3) is 0 Å². The molecule has 0 N–H and O–H groups in total. The van der Waals surface area contributed by atoms with Crippen molar-refractivity contribution in [3.05, 3.63) is 12.2 Å². The maximum atomic E-state index is 12.1. The molecule has 120 valence electrons. The molecule has 1 fully saturated rings. The minimum atomic E-state index is -0.614. The Kier molecular flexibility index (Phi) is 6.84. The van der Waals surface area contributed by atoms with Crippen LogP contribution in [0.5, 0.6) is 0 Å². The Morgan fingerprint density at radius 3 is 2.57 bits per heavy atom. The lowest BCUT2D eigenvalue weighted by Crippen LogP contribution is -2.69. The number of ether oxygens (including phenoxy) is 3. The largest absolute Gasteiger partial charge is 0.445 e. The van der Waals surface area contributed by atoms with E-state index >= 15 is 0 Å². The first-order chi connectivity index (χ1) is 9.93. The van der Waals surface area contributed by atoms with Crippen LogP contribution in [0.4, 0.5) is 4.79 Å².